The minimum absolute atomic E-state index is 0.109. The fourth-order valence-corrected chi connectivity index (χ4v) is 4.99. The van der Waals surface area contributed by atoms with E-state index in [1.165, 1.54) is 36.1 Å². The van der Waals surface area contributed by atoms with E-state index < -0.39 is 0 Å². The zero-order valence-corrected chi connectivity index (χ0v) is 18.6. The summed E-state index contributed by atoms with van der Waals surface area (Å²) in [6.07, 6.45) is 7.37. The number of pyridine rings is 1. The van der Waals surface area contributed by atoms with Crippen molar-refractivity contribution in [3.05, 3.63) is 89.2 Å². The quantitative estimate of drug-likeness (QED) is 0.465. The number of fused-ring (bicyclic) bond motifs is 3. The third-order valence-corrected chi connectivity index (χ3v) is 6.70. The normalized spacial score (nSPS) is 20.0. The highest BCUT2D eigenvalue weighted by molar-refractivity contribution is 6.07. The summed E-state index contributed by atoms with van der Waals surface area (Å²) in [5, 5.41) is 0. The Morgan fingerprint density at radius 1 is 0.968 bits per heavy atom. The molecule has 2 heterocycles. The van der Waals surface area contributed by atoms with E-state index in [4.69, 9.17) is 9.73 Å². The monoisotopic (exact) mass is 410 g/mol. The van der Waals surface area contributed by atoms with E-state index in [9.17, 15) is 0 Å². The van der Waals surface area contributed by atoms with Crippen LogP contribution in [0.2, 0.25) is 0 Å². The van der Waals surface area contributed by atoms with Gasteiger partial charge in [0.2, 0.25) is 0 Å². The van der Waals surface area contributed by atoms with Crippen LogP contribution in [0.5, 0.6) is 5.75 Å². The molecule has 158 valence electrons. The van der Waals surface area contributed by atoms with Gasteiger partial charge in [0.25, 0.3) is 0 Å². The van der Waals surface area contributed by atoms with E-state index in [0.717, 1.165) is 22.6 Å². The Balaban J connectivity index is 1.55. The van der Waals surface area contributed by atoms with Crippen LogP contribution in [-0.4, -0.2) is 10.7 Å². The van der Waals surface area contributed by atoms with Crippen molar-refractivity contribution in [1.82, 2.24) is 4.98 Å². The van der Waals surface area contributed by atoms with Gasteiger partial charge in [0.15, 0.2) is 0 Å². The first-order chi connectivity index (χ1) is 15.0. The minimum atomic E-state index is 0.109. The molecule has 3 nitrogen and oxygen atoms in total. The fraction of sp³-hybridized carbons (Fsp3) is 0.357. The first kappa shape index (κ1) is 20.0. The number of ether oxygens (including phenoxy) is 1. The Kier molecular flexibility index (Phi) is 5.13. The van der Waals surface area contributed by atoms with Crippen LogP contribution in [0.1, 0.15) is 68.2 Å². The average Bonchev–Trinajstić information content (AvgIpc) is 3.27. The zero-order valence-electron chi connectivity index (χ0n) is 18.6. The van der Waals surface area contributed by atoms with Crippen LogP contribution in [0.4, 0.5) is 5.69 Å². The molecular weight excluding hydrogens is 380 g/mol. The van der Waals surface area contributed by atoms with Gasteiger partial charge in [0, 0.05) is 17.7 Å². The molecule has 5 rings (SSSR count). The lowest BCUT2D eigenvalue weighted by Crippen LogP contribution is -2.23. The van der Waals surface area contributed by atoms with Gasteiger partial charge in [-0.25, -0.2) is 0 Å². The maximum atomic E-state index is 6.25. The lowest BCUT2D eigenvalue weighted by atomic mass is 9.78. The number of hydrogen-bond acceptors (Lipinski definition) is 3. The summed E-state index contributed by atoms with van der Waals surface area (Å²) in [5.74, 6) is 1.83. The molecule has 0 radical (unpaired) electrons. The number of nitrogens with zero attached hydrogens (tertiary/aromatic N) is 2. The molecule has 0 amide bonds. The van der Waals surface area contributed by atoms with Crippen LogP contribution < -0.4 is 4.74 Å². The number of aromatic nitrogens is 1. The smallest absolute Gasteiger partial charge is 0.147 e. The maximum Gasteiger partial charge on any atom is 0.147 e. The predicted molar refractivity (Wildman–Crippen MR) is 126 cm³/mol. The van der Waals surface area contributed by atoms with Gasteiger partial charge in [-0.1, -0.05) is 69.7 Å². The molecule has 0 N–H and O–H groups in total. The molecule has 2 unspecified atom stereocenters. The first-order valence-electron chi connectivity index (χ1n) is 11.3. The second kappa shape index (κ2) is 7.96. The van der Waals surface area contributed by atoms with Crippen molar-refractivity contribution >= 4 is 11.4 Å². The Morgan fingerprint density at radius 3 is 2.58 bits per heavy atom. The molecular formula is C28H30N2O. The average molecular weight is 411 g/mol. The third kappa shape index (κ3) is 3.89. The number of rotatable bonds is 4. The van der Waals surface area contributed by atoms with Gasteiger partial charge < -0.3 is 4.74 Å². The maximum absolute atomic E-state index is 6.25. The van der Waals surface area contributed by atoms with Crippen molar-refractivity contribution in [2.75, 3.05) is 0 Å². The van der Waals surface area contributed by atoms with E-state index in [2.05, 4.69) is 62.2 Å². The lowest BCUT2D eigenvalue weighted by molar-refractivity contribution is 0.304. The highest BCUT2D eigenvalue weighted by atomic mass is 16.5. The van der Waals surface area contributed by atoms with Crippen molar-refractivity contribution in [3.63, 3.8) is 0 Å². The molecule has 2 aromatic carbocycles. The molecule has 1 aliphatic carbocycles. The van der Waals surface area contributed by atoms with Gasteiger partial charge >= 0.3 is 0 Å². The molecule has 0 bridgehead atoms. The van der Waals surface area contributed by atoms with Crippen LogP contribution in [0, 0.1) is 5.92 Å². The highest BCUT2D eigenvalue weighted by Crippen LogP contribution is 2.50. The number of benzene rings is 2. The van der Waals surface area contributed by atoms with Gasteiger partial charge in [-0.15, -0.1) is 0 Å². The lowest BCUT2D eigenvalue weighted by Gasteiger charge is -2.30. The Hall–Kier alpha value is -2.94. The summed E-state index contributed by atoms with van der Waals surface area (Å²) < 4.78 is 6.25. The van der Waals surface area contributed by atoms with Crippen molar-refractivity contribution in [1.29, 1.82) is 0 Å². The largest absolute Gasteiger partial charge is 0.487 e. The summed E-state index contributed by atoms with van der Waals surface area (Å²) in [5.41, 5.74) is 7.41. The molecule has 2 aliphatic rings. The first-order valence-corrected chi connectivity index (χ1v) is 11.3. The van der Waals surface area contributed by atoms with E-state index >= 15 is 0 Å². The van der Waals surface area contributed by atoms with E-state index in [-0.39, 0.29) is 5.41 Å². The summed E-state index contributed by atoms with van der Waals surface area (Å²) in [6, 6.07) is 19.3. The highest BCUT2D eigenvalue weighted by Gasteiger charge is 2.38. The molecule has 3 heteroatoms. The molecule has 0 saturated heterocycles. The summed E-state index contributed by atoms with van der Waals surface area (Å²) in [4.78, 5) is 9.61. The second-order valence-electron chi connectivity index (χ2n) is 9.81. The third-order valence-electron chi connectivity index (χ3n) is 6.70. The van der Waals surface area contributed by atoms with E-state index in [1.54, 1.807) is 0 Å². The fourth-order valence-electron chi connectivity index (χ4n) is 4.99. The molecule has 3 aromatic rings. The standard InChI is InChI=1S/C28H30N2O/c1-28(2,3)20-12-13-22-21-10-7-11-23(21)27(30-25(22)16-20)24-14-15-29-17-26(24)31-18-19-8-5-4-6-9-19/h4-6,8-9,12-17,21,23H,7,10-11,18H2,1-3H3. The Morgan fingerprint density at radius 2 is 1.77 bits per heavy atom. The molecule has 1 fully saturated rings. The SMILES string of the molecule is CC(C)(C)c1ccc2c(c1)N=C(c1ccncc1OCc1ccccc1)C1CCCC21. The summed E-state index contributed by atoms with van der Waals surface area (Å²) >= 11 is 0. The summed E-state index contributed by atoms with van der Waals surface area (Å²) in [7, 11) is 0. The van der Waals surface area contributed by atoms with Crippen molar-refractivity contribution in [2.45, 2.75) is 58.0 Å². The number of hydrogen-bond donors (Lipinski definition) is 0. The van der Waals surface area contributed by atoms with Gasteiger partial charge in [-0.05, 0) is 53.0 Å². The van der Waals surface area contributed by atoms with Gasteiger partial charge in [-0.3, -0.25) is 9.98 Å². The summed E-state index contributed by atoms with van der Waals surface area (Å²) in [6.45, 7) is 7.32. The van der Waals surface area contributed by atoms with Crippen molar-refractivity contribution in [2.24, 2.45) is 10.9 Å². The minimum Gasteiger partial charge on any atom is -0.487 e. The zero-order chi connectivity index (χ0) is 21.4. The molecule has 2 atom stereocenters. The molecule has 1 saturated carbocycles. The van der Waals surface area contributed by atoms with Crippen LogP contribution in [0.25, 0.3) is 0 Å². The van der Waals surface area contributed by atoms with Crippen LogP contribution in [0.3, 0.4) is 0 Å². The topological polar surface area (TPSA) is 34.5 Å². The molecule has 31 heavy (non-hydrogen) atoms. The number of aliphatic imine (C=N–C) groups is 1. The van der Waals surface area contributed by atoms with Gasteiger partial charge in [0.05, 0.1) is 17.6 Å². The van der Waals surface area contributed by atoms with Crippen LogP contribution in [-0.2, 0) is 12.0 Å². The van der Waals surface area contributed by atoms with Crippen LogP contribution >= 0.6 is 0 Å². The Bertz CT molecular complexity index is 1110. The molecule has 0 spiro atoms. The van der Waals surface area contributed by atoms with Crippen molar-refractivity contribution < 1.29 is 4.74 Å². The Labute approximate surface area is 185 Å². The van der Waals surface area contributed by atoms with Crippen molar-refractivity contribution in [3.8, 4) is 5.75 Å². The van der Waals surface area contributed by atoms with Gasteiger partial charge in [-0.2, -0.15) is 0 Å². The van der Waals surface area contributed by atoms with E-state index in [0.29, 0.717) is 18.4 Å². The van der Waals surface area contributed by atoms with Gasteiger partial charge in [0.1, 0.15) is 12.4 Å². The van der Waals surface area contributed by atoms with Crippen LogP contribution in [0.15, 0.2) is 72.0 Å². The second-order valence-corrected chi connectivity index (χ2v) is 9.81. The molecule has 1 aromatic heterocycles. The molecule has 1 aliphatic heterocycles. The predicted octanol–water partition coefficient (Wildman–Crippen LogP) is 6.98. The van der Waals surface area contributed by atoms with E-state index in [1.807, 2.05) is 30.6 Å².